The number of alkyl halides is 3. The van der Waals surface area contributed by atoms with Gasteiger partial charge in [0.1, 0.15) is 5.75 Å². The predicted molar refractivity (Wildman–Crippen MR) is 98.2 cm³/mol. The van der Waals surface area contributed by atoms with Crippen molar-refractivity contribution in [2.24, 2.45) is 0 Å². The number of hydrogen-bond acceptors (Lipinski definition) is 6. The molecule has 0 unspecified atom stereocenters. The van der Waals surface area contributed by atoms with E-state index in [2.05, 4.69) is 19.6 Å². The highest BCUT2D eigenvalue weighted by Gasteiger charge is 2.38. The van der Waals surface area contributed by atoms with E-state index in [1.165, 1.54) is 0 Å². The van der Waals surface area contributed by atoms with E-state index in [-0.39, 0.29) is 12.4 Å². The van der Waals surface area contributed by atoms with Gasteiger partial charge in [-0.25, -0.2) is 0 Å². The number of aromatic nitrogens is 3. The molecule has 0 aliphatic heterocycles. The lowest BCUT2D eigenvalue weighted by Gasteiger charge is -2.13. The van der Waals surface area contributed by atoms with Crippen LogP contribution in [0, 0.1) is 13.8 Å². The summed E-state index contributed by atoms with van der Waals surface area (Å²) in [4.78, 5) is 7.56. The van der Waals surface area contributed by atoms with Crippen LogP contribution in [0.1, 0.15) is 34.7 Å². The Balaban J connectivity index is 1.62. The van der Waals surface area contributed by atoms with Gasteiger partial charge in [-0.05, 0) is 61.6 Å². The van der Waals surface area contributed by atoms with Crippen LogP contribution in [0.25, 0.3) is 11.4 Å². The van der Waals surface area contributed by atoms with E-state index < -0.39 is 12.1 Å². The molecule has 29 heavy (non-hydrogen) atoms. The summed E-state index contributed by atoms with van der Waals surface area (Å²) in [6.07, 6.45) is -1.40. The molecule has 0 bridgehead atoms. The summed E-state index contributed by atoms with van der Waals surface area (Å²) in [5.74, 6) is -0.805. The summed E-state index contributed by atoms with van der Waals surface area (Å²) in [6, 6.07) is 7.05. The van der Waals surface area contributed by atoms with Crippen LogP contribution >= 0.6 is 0 Å². The highest BCUT2D eigenvalue weighted by atomic mass is 19.4. The van der Waals surface area contributed by atoms with Crippen molar-refractivity contribution < 1.29 is 27.5 Å². The zero-order valence-corrected chi connectivity index (χ0v) is 16.0. The molecule has 0 amide bonds. The molecule has 0 saturated heterocycles. The molecule has 6 nitrogen and oxygen atoms in total. The van der Waals surface area contributed by atoms with Gasteiger partial charge < -0.3 is 14.4 Å². The molecule has 2 aromatic heterocycles. The largest absolute Gasteiger partial charge is 0.493 e. The molecule has 3 rings (SSSR count). The Hall–Kier alpha value is -2.94. The van der Waals surface area contributed by atoms with Gasteiger partial charge in [-0.15, -0.1) is 0 Å². The Bertz CT molecular complexity index is 946. The fraction of sp³-hybridized carbons (Fsp3) is 0.350. The van der Waals surface area contributed by atoms with Crippen LogP contribution in [0.3, 0.4) is 0 Å². The van der Waals surface area contributed by atoms with Gasteiger partial charge in [0.05, 0.1) is 18.9 Å². The monoisotopic (exact) mass is 407 g/mol. The minimum Gasteiger partial charge on any atom is -0.493 e. The topological polar surface area (TPSA) is 81.3 Å². The second-order valence-corrected chi connectivity index (χ2v) is 6.63. The molecule has 0 fully saturated rings. The van der Waals surface area contributed by atoms with Crippen LogP contribution in [-0.2, 0) is 19.2 Å². The molecule has 0 aliphatic carbocycles. The maximum atomic E-state index is 12.6. The van der Waals surface area contributed by atoms with E-state index in [1.807, 2.05) is 19.9 Å². The average molecular weight is 407 g/mol. The third kappa shape index (κ3) is 5.11. The van der Waals surface area contributed by atoms with E-state index in [0.717, 1.165) is 29.5 Å². The van der Waals surface area contributed by atoms with Crippen molar-refractivity contribution in [2.75, 3.05) is 6.61 Å². The van der Waals surface area contributed by atoms with E-state index in [4.69, 9.17) is 9.84 Å². The van der Waals surface area contributed by atoms with Crippen molar-refractivity contribution >= 4 is 0 Å². The lowest BCUT2D eigenvalue weighted by molar-refractivity contribution is -0.159. The molecule has 0 spiro atoms. The quantitative estimate of drug-likeness (QED) is 0.589. The first-order chi connectivity index (χ1) is 13.8. The zero-order chi connectivity index (χ0) is 21.0. The van der Waals surface area contributed by atoms with Gasteiger partial charge in [0, 0.05) is 11.8 Å². The molecule has 0 saturated carbocycles. The lowest BCUT2D eigenvalue weighted by Crippen LogP contribution is -2.05. The average Bonchev–Trinajstić information content (AvgIpc) is 3.18. The number of halogens is 3. The van der Waals surface area contributed by atoms with Crippen LogP contribution in [-0.4, -0.2) is 26.8 Å². The van der Waals surface area contributed by atoms with Crippen LogP contribution in [0.2, 0.25) is 0 Å². The fourth-order valence-corrected chi connectivity index (χ4v) is 2.91. The van der Waals surface area contributed by atoms with Crippen molar-refractivity contribution in [3.63, 3.8) is 0 Å². The summed E-state index contributed by atoms with van der Waals surface area (Å²) in [6.45, 7) is 4.02. The predicted octanol–water partition coefficient (Wildman–Crippen LogP) is 4.27. The smallest absolute Gasteiger partial charge is 0.471 e. The maximum Gasteiger partial charge on any atom is 0.471 e. The van der Waals surface area contributed by atoms with Crippen LogP contribution in [0.5, 0.6) is 5.75 Å². The zero-order valence-electron chi connectivity index (χ0n) is 16.0. The normalized spacial score (nSPS) is 11.7. The Morgan fingerprint density at radius 3 is 2.41 bits per heavy atom. The van der Waals surface area contributed by atoms with Crippen molar-refractivity contribution in [2.45, 2.75) is 39.5 Å². The Morgan fingerprint density at radius 1 is 1.14 bits per heavy atom. The minimum absolute atomic E-state index is 0.0840. The summed E-state index contributed by atoms with van der Waals surface area (Å²) in [7, 11) is 0. The minimum atomic E-state index is -4.67. The molecular formula is C20H20F3N3O3. The van der Waals surface area contributed by atoms with Gasteiger partial charge >= 0.3 is 12.1 Å². The lowest BCUT2D eigenvalue weighted by atomic mass is 10.1. The molecular weight excluding hydrogens is 387 g/mol. The molecule has 3 aromatic rings. The second kappa shape index (κ2) is 8.60. The standard InChI is InChI=1S/C20H20F3N3O3/c1-12-8-15(18-25-19(29-26-18)20(21,22)23)9-13(2)17(12)28-7-3-4-14-5-6-16(11-27)24-10-14/h5-6,8-10,27H,3-4,7,11H2,1-2H3. The number of rotatable bonds is 7. The van der Waals surface area contributed by atoms with Crippen LogP contribution in [0.15, 0.2) is 35.0 Å². The number of aliphatic hydroxyl groups excluding tert-OH is 1. The van der Waals surface area contributed by atoms with Crippen molar-refractivity contribution in [3.8, 4) is 17.1 Å². The van der Waals surface area contributed by atoms with Gasteiger partial charge in [-0.1, -0.05) is 11.2 Å². The third-order valence-corrected chi connectivity index (χ3v) is 4.29. The van der Waals surface area contributed by atoms with Gasteiger partial charge in [-0.3, -0.25) is 4.98 Å². The maximum absolute atomic E-state index is 12.6. The summed E-state index contributed by atoms with van der Waals surface area (Å²) >= 11 is 0. The number of hydrogen-bond donors (Lipinski definition) is 1. The van der Waals surface area contributed by atoms with E-state index in [1.54, 1.807) is 24.4 Å². The van der Waals surface area contributed by atoms with Gasteiger partial charge in [0.2, 0.25) is 5.82 Å². The van der Waals surface area contributed by atoms with Gasteiger partial charge in [-0.2, -0.15) is 18.2 Å². The van der Waals surface area contributed by atoms with Crippen molar-refractivity contribution in [3.05, 3.63) is 58.7 Å². The van der Waals surface area contributed by atoms with Crippen molar-refractivity contribution in [1.82, 2.24) is 15.1 Å². The Morgan fingerprint density at radius 2 is 1.86 bits per heavy atom. The second-order valence-electron chi connectivity index (χ2n) is 6.63. The van der Waals surface area contributed by atoms with Crippen LogP contribution < -0.4 is 4.74 Å². The van der Waals surface area contributed by atoms with E-state index in [0.29, 0.717) is 23.6 Å². The molecule has 0 radical (unpaired) electrons. The molecule has 1 N–H and O–H groups in total. The summed E-state index contributed by atoms with van der Waals surface area (Å²) in [5, 5.41) is 12.4. The molecule has 2 heterocycles. The number of ether oxygens (including phenoxy) is 1. The van der Waals surface area contributed by atoms with Crippen molar-refractivity contribution in [1.29, 1.82) is 0 Å². The third-order valence-electron chi connectivity index (χ3n) is 4.29. The SMILES string of the molecule is Cc1cc(-c2noc(C(F)(F)F)n2)cc(C)c1OCCCc1ccc(CO)nc1. The van der Waals surface area contributed by atoms with Gasteiger partial charge in [0.25, 0.3) is 0 Å². The number of benzene rings is 1. The van der Waals surface area contributed by atoms with Gasteiger partial charge in [0.15, 0.2) is 0 Å². The first-order valence-electron chi connectivity index (χ1n) is 8.98. The first kappa shape index (κ1) is 20.8. The molecule has 154 valence electrons. The number of aryl methyl sites for hydroxylation is 3. The number of pyridine rings is 1. The summed E-state index contributed by atoms with van der Waals surface area (Å²) in [5.41, 5.74) is 3.65. The number of aliphatic hydroxyl groups is 1. The van der Waals surface area contributed by atoms with E-state index >= 15 is 0 Å². The molecule has 1 aromatic carbocycles. The van der Waals surface area contributed by atoms with Crippen LogP contribution in [0.4, 0.5) is 13.2 Å². The highest BCUT2D eigenvalue weighted by molar-refractivity contribution is 5.61. The Labute approximate surface area is 165 Å². The summed E-state index contributed by atoms with van der Waals surface area (Å²) < 4.78 is 48.1. The first-order valence-corrected chi connectivity index (χ1v) is 8.98. The number of nitrogens with zero attached hydrogens (tertiary/aromatic N) is 3. The molecule has 9 heteroatoms. The molecule has 0 aliphatic rings. The Kier molecular flexibility index (Phi) is 6.17. The fourth-order valence-electron chi connectivity index (χ4n) is 2.91. The highest BCUT2D eigenvalue weighted by Crippen LogP contribution is 2.32. The molecule has 0 atom stereocenters. The van der Waals surface area contributed by atoms with E-state index in [9.17, 15) is 13.2 Å².